The van der Waals surface area contributed by atoms with Gasteiger partial charge in [-0.15, -0.1) is 0 Å². The summed E-state index contributed by atoms with van der Waals surface area (Å²) in [7, 11) is -4.94. The standard InChI is InChI=1S/C24H46O6P2/c1-13-8-19(22(26)16(13)4)12-28-32(7)30-23-17(5)14(2)9-20(23)11-27-31-29-24-18(6)15(3)10-21(24)25/h13-26,31-32H,7-12H2,1-6H3/i31T,32T. The highest BCUT2D eigenvalue weighted by Gasteiger charge is 2.41. The highest BCUT2D eigenvalue weighted by atomic mass is 31.1. The lowest BCUT2D eigenvalue weighted by Gasteiger charge is -2.26. The van der Waals surface area contributed by atoms with Gasteiger partial charge in [0.2, 0.25) is 0 Å². The zero-order valence-electron chi connectivity index (χ0n) is 22.6. The summed E-state index contributed by atoms with van der Waals surface area (Å²) in [5.41, 5.74) is 0. The molecule has 8 heteroatoms. The summed E-state index contributed by atoms with van der Waals surface area (Å²) >= 11 is 0. The molecule has 3 fully saturated rings. The van der Waals surface area contributed by atoms with Crippen molar-refractivity contribution in [2.45, 2.75) is 85.2 Å². The molecule has 0 aliphatic heterocycles. The molecule has 188 valence electrons. The van der Waals surface area contributed by atoms with Crippen molar-refractivity contribution in [3.63, 3.8) is 0 Å². The Kier molecular flexibility index (Phi) is 9.04. The van der Waals surface area contributed by atoms with Crippen LogP contribution in [0.3, 0.4) is 0 Å². The van der Waals surface area contributed by atoms with Crippen LogP contribution in [0.4, 0.5) is 0 Å². The molecule has 0 spiro atoms. The van der Waals surface area contributed by atoms with E-state index in [0.717, 1.165) is 12.8 Å². The zero-order valence-corrected chi connectivity index (χ0v) is 22.4. The molecule has 3 aliphatic carbocycles. The van der Waals surface area contributed by atoms with Gasteiger partial charge < -0.3 is 28.3 Å². The normalized spacial score (nSPS) is 50.8. The van der Waals surface area contributed by atoms with Crippen LogP contribution in [-0.4, -0.2) is 56.7 Å². The SMILES string of the molecule is [3H]P(OCC1CC(C)C(C)C1OP([3H])(=C)OCC1CC(C)C(C)C1O)OC1C(O)CC(C)C1C. The van der Waals surface area contributed by atoms with Gasteiger partial charge in [-0.2, -0.15) is 0 Å². The van der Waals surface area contributed by atoms with Crippen LogP contribution in [0.5, 0.6) is 0 Å². The van der Waals surface area contributed by atoms with Gasteiger partial charge in [-0.05, 0) is 54.8 Å². The van der Waals surface area contributed by atoms with E-state index < -0.39 is 29.1 Å². The van der Waals surface area contributed by atoms with Crippen molar-refractivity contribution in [1.29, 1.82) is 2.56 Å². The number of hydrogen-bond acceptors (Lipinski definition) is 6. The fourth-order valence-corrected chi connectivity index (χ4v) is 7.61. The van der Waals surface area contributed by atoms with Crippen molar-refractivity contribution in [2.24, 2.45) is 47.3 Å². The summed E-state index contributed by atoms with van der Waals surface area (Å²) in [6.45, 7) is 13.3. The number of aliphatic hydroxyl groups is 2. The van der Waals surface area contributed by atoms with Gasteiger partial charge in [-0.1, -0.05) is 47.8 Å². The minimum absolute atomic E-state index is 0.0131. The van der Waals surface area contributed by atoms with Gasteiger partial charge in [0, 0.05) is 11.8 Å². The van der Waals surface area contributed by atoms with Gasteiger partial charge >= 0.3 is 0 Å². The summed E-state index contributed by atoms with van der Waals surface area (Å²) in [5, 5.41) is 20.7. The molecule has 0 heterocycles. The Morgan fingerprint density at radius 3 is 2.09 bits per heavy atom. The number of hydrogen-bond donors (Lipinski definition) is 2. The van der Waals surface area contributed by atoms with Crippen molar-refractivity contribution in [2.75, 3.05) is 13.2 Å². The maximum Gasteiger partial charge on any atom is 0.155 e. The van der Waals surface area contributed by atoms with Crippen LogP contribution in [0.1, 0.15) is 60.8 Å². The molecule has 0 amide bonds. The van der Waals surface area contributed by atoms with Crippen LogP contribution < -0.4 is 0 Å². The molecule has 6 nitrogen and oxygen atoms in total. The largest absolute Gasteiger partial charge is 0.392 e. The van der Waals surface area contributed by atoms with Gasteiger partial charge in [0.15, 0.2) is 8.98 Å². The Balaban J connectivity index is 1.51. The minimum Gasteiger partial charge on any atom is -0.392 e. The predicted octanol–water partition coefficient (Wildman–Crippen LogP) is 4.76. The van der Waals surface area contributed by atoms with Crippen molar-refractivity contribution in [3.05, 3.63) is 0 Å². The molecule has 0 radical (unpaired) electrons. The molecule has 14 unspecified atom stereocenters. The first kappa shape index (κ1) is 24.2. The van der Waals surface area contributed by atoms with E-state index in [0.29, 0.717) is 37.4 Å². The topological polar surface area (TPSA) is 77.4 Å². The second-order valence-electron chi connectivity index (χ2n) is 10.9. The van der Waals surface area contributed by atoms with E-state index in [1.807, 2.05) is 0 Å². The molecule has 2 N–H and O–H groups in total. The fraction of sp³-hybridized carbons (Fsp3) is 0.958. The first-order valence-electron chi connectivity index (χ1n) is 13.2. The first-order chi connectivity index (χ1) is 15.8. The average Bonchev–Trinajstić information content (AvgIpc) is 3.27. The van der Waals surface area contributed by atoms with E-state index in [2.05, 4.69) is 47.8 Å². The molecule has 3 aliphatic rings. The highest BCUT2D eigenvalue weighted by molar-refractivity contribution is 7.45. The van der Waals surface area contributed by atoms with E-state index in [-0.39, 0.29) is 41.8 Å². The summed E-state index contributed by atoms with van der Waals surface area (Å²) in [6.07, 6.45) is 4.87. The highest BCUT2D eigenvalue weighted by Crippen LogP contribution is 2.45. The summed E-state index contributed by atoms with van der Waals surface area (Å²) < 4.78 is 40.6. The number of aliphatic hydroxyl groups excluding tert-OH is 2. The second-order valence-corrected chi connectivity index (χ2v) is 12.7. The third-order valence-electron chi connectivity index (χ3n) is 8.73. The van der Waals surface area contributed by atoms with E-state index >= 15 is 0 Å². The van der Waals surface area contributed by atoms with Gasteiger partial charge in [-0.3, -0.25) is 0 Å². The third kappa shape index (κ3) is 6.38. The van der Waals surface area contributed by atoms with Gasteiger partial charge in [-0.25, -0.2) is 0 Å². The molecule has 0 aromatic rings. The Morgan fingerprint density at radius 2 is 1.50 bits per heavy atom. The lowest BCUT2D eigenvalue weighted by Crippen LogP contribution is -2.27. The lowest BCUT2D eigenvalue weighted by atomic mass is 9.99. The maximum atomic E-state index is 10.4. The first-order valence-corrected chi connectivity index (χ1v) is 14.4. The Hall–Kier alpha value is 0.490. The van der Waals surface area contributed by atoms with Crippen molar-refractivity contribution >= 4 is 23.2 Å². The van der Waals surface area contributed by atoms with E-state index in [1.165, 1.54) is 0 Å². The molecular weight excluding hydrogens is 446 g/mol. The van der Waals surface area contributed by atoms with Crippen molar-refractivity contribution < 1.29 is 28.3 Å². The van der Waals surface area contributed by atoms with Gasteiger partial charge in [0.1, 0.15) is 10.5 Å². The lowest BCUT2D eigenvalue weighted by molar-refractivity contribution is 0.0372. The van der Waals surface area contributed by atoms with Crippen LogP contribution in [0.25, 0.3) is 0 Å². The Bertz CT molecular complexity index is 717. The number of rotatable bonds is 10. The van der Waals surface area contributed by atoms with Crippen molar-refractivity contribution in [3.8, 4) is 0 Å². The van der Waals surface area contributed by atoms with Crippen LogP contribution in [0.2, 0.25) is 0 Å². The van der Waals surface area contributed by atoms with E-state index in [4.69, 9.17) is 20.7 Å². The molecule has 0 saturated heterocycles. The maximum absolute atomic E-state index is 10.4. The van der Waals surface area contributed by atoms with Gasteiger partial charge in [0.05, 0.1) is 37.6 Å². The molecule has 14 atom stereocenters. The third-order valence-corrected chi connectivity index (χ3v) is 10.2. The monoisotopic (exact) mass is 496 g/mol. The predicted molar refractivity (Wildman–Crippen MR) is 133 cm³/mol. The molecule has 3 saturated carbocycles. The fourth-order valence-electron chi connectivity index (χ4n) is 5.81. The minimum atomic E-state index is -3.08. The van der Waals surface area contributed by atoms with Crippen LogP contribution in [-0.2, 0) is 18.1 Å². The molecule has 0 bridgehead atoms. The molecular formula is C24H46O6P2. The Morgan fingerprint density at radius 1 is 0.906 bits per heavy atom. The van der Waals surface area contributed by atoms with Crippen LogP contribution in [0.15, 0.2) is 0 Å². The smallest absolute Gasteiger partial charge is 0.155 e. The van der Waals surface area contributed by atoms with Crippen LogP contribution in [0, 0.1) is 47.3 Å². The van der Waals surface area contributed by atoms with Crippen LogP contribution >= 0.6 is 16.9 Å². The van der Waals surface area contributed by atoms with Crippen molar-refractivity contribution in [1.82, 2.24) is 0 Å². The molecule has 0 aromatic heterocycles. The quantitative estimate of drug-likeness (QED) is 0.425. The molecule has 32 heavy (non-hydrogen) atoms. The molecule has 3 rings (SSSR count). The van der Waals surface area contributed by atoms with E-state index in [9.17, 15) is 10.2 Å². The summed E-state index contributed by atoms with van der Waals surface area (Å²) in [4.78, 5) is 0. The summed E-state index contributed by atoms with van der Waals surface area (Å²) in [5.74, 6) is 1.87. The Labute approximate surface area is 200 Å². The van der Waals surface area contributed by atoms with Gasteiger partial charge in [0.25, 0.3) is 0 Å². The second kappa shape index (κ2) is 12.0. The zero-order chi connectivity index (χ0) is 25.4. The van der Waals surface area contributed by atoms with E-state index in [1.54, 1.807) is 0 Å². The molecule has 0 aromatic carbocycles. The summed E-state index contributed by atoms with van der Waals surface area (Å²) in [6, 6.07) is 0. The average molecular weight is 497 g/mol.